The minimum absolute atomic E-state index is 0.0489. The topological polar surface area (TPSA) is 66.4 Å². The van der Waals surface area contributed by atoms with Crippen LogP contribution in [0.3, 0.4) is 0 Å². The average Bonchev–Trinajstić information content (AvgIpc) is 2.77. The van der Waals surface area contributed by atoms with Crippen LogP contribution in [0.2, 0.25) is 0 Å². The zero-order valence-electron chi connectivity index (χ0n) is 13.0. The fourth-order valence-electron chi connectivity index (χ4n) is 3.94. The van der Waals surface area contributed by atoms with Crippen molar-refractivity contribution in [1.82, 2.24) is 5.32 Å². The molecule has 114 valence electrons. The Hall–Kier alpha value is -1.06. The molecule has 2 fully saturated rings. The van der Waals surface area contributed by atoms with Gasteiger partial charge in [0.15, 0.2) is 0 Å². The zero-order chi connectivity index (χ0) is 15.1. The molecule has 0 aromatic rings. The molecule has 0 aromatic carbocycles. The Balaban J connectivity index is 2.02. The summed E-state index contributed by atoms with van der Waals surface area (Å²) in [5, 5.41) is 12.2. The molecule has 4 nitrogen and oxygen atoms in total. The highest BCUT2D eigenvalue weighted by atomic mass is 16.4. The number of carbonyl (C=O) groups is 2. The molecule has 1 atom stereocenters. The van der Waals surface area contributed by atoms with Gasteiger partial charge in [0.25, 0.3) is 0 Å². The fraction of sp³-hybridized carbons (Fsp3) is 0.875. The molecule has 0 aliphatic heterocycles. The number of rotatable bonds is 4. The van der Waals surface area contributed by atoms with Gasteiger partial charge in [0.1, 0.15) is 6.04 Å². The van der Waals surface area contributed by atoms with Crippen molar-refractivity contribution >= 4 is 11.9 Å². The zero-order valence-corrected chi connectivity index (χ0v) is 13.0. The summed E-state index contributed by atoms with van der Waals surface area (Å²) in [7, 11) is 0. The van der Waals surface area contributed by atoms with E-state index >= 15 is 0 Å². The Labute approximate surface area is 121 Å². The first-order valence-corrected chi connectivity index (χ1v) is 7.73. The van der Waals surface area contributed by atoms with Crippen LogP contribution in [-0.2, 0) is 9.59 Å². The van der Waals surface area contributed by atoms with Gasteiger partial charge in [-0.15, -0.1) is 0 Å². The standard InChI is InChI=1S/C16H27NO3/c1-15(2)12(16(15,3)4)13(18)17-11(14(19)20)10-8-6-5-7-9-10/h10-12H,5-9H2,1-4H3,(H,17,18)(H,19,20). The molecule has 0 radical (unpaired) electrons. The molecule has 0 aromatic heterocycles. The van der Waals surface area contributed by atoms with Crippen LogP contribution in [0.5, 0.6) is 0 Å². The van der Waals surface area contributed by atoms with Gasteiger partial charge < -0.3 is 10.4 Å². The van der Waals surface area contributed by atoms with Crippen molar-refractivity contribution in [3.63, 3.8) is 0 Å². The van der Waals surface area contributed by atoms with E-state index in [2.05, 4.69) is 33.0 Å². The third-order valence-corrected chi connectivity index (χ3v) is 5.97. The molecule has 2 aliphatic carbocycles. The summed E-state index contributed by atoms with van der Waals surface area (Å²) in [6.45, 7) is 8.31. The lowest BCUT2D eigenvalue weighted by molar-refractivity contribution is -0.144. The lowest BCUT2D eigenvalue weighted by atomic mass is 9.83. The Morgan fingerprint density at radius 2 is 1.55 bits per heavy atom. The minimum Gasteiger partial charge on any atom is -0.480 e. The van der Waals surface area contributed by atoms with E-state index < -0.39 is 12.0 Å². The molecule has 0 heterocycles. The van der Waals surface area contributed by atoms with E-state index in [-0.39, 0.29) is 28.6 Å². The molecule has 2 rings (SSSR count). The summed E-state index contributed by atoms with van der Waals surface area (Å²) < 4.78 is 0. The summed E-state index contributed by atoms with van der Waals surface area (Å²) in [6.07, 6.45) is 5.15. The molecule has 0 bridgehead atoms. The van der Waals surface area contributed by atoms with Crippen molar-refractivity contribution < 1.29 is 14.7 Å². The van der Waals surface area contributed by atoms with Crippen LogP contribution in [0, 0.1) is 22.7 Å². The van der Waals surface area contributed by atoms with Crippen molar-refractivity contribution in [3.05, 3.63) is 0 Å². The number of aliphatic carboxylic acids is 1. The van der Waals surface area contributed by atoms with Crippen LogP contribution in [0.25, 0.3) is 0 Å². The highest BCUT2D eigenvalue weighted by molar-refractivity contribution is 5.88. The molecule has 1 amide bonds. The number of hydrogen-bond donors (Lipinski definition) is 2. The van der Waals surface area contributed by atoms with Gasteiger partial charge in [-0.1, -0.05) is 47.0 Å². The number of carboxylic acid groups (broad SMARTS) is 1. The first kappa shape index (κ1) is 15.3. The fourth-order valence-corrected chi connectivity index (χ4v) is 3.94. The van der Waals surface area contributed by atoms with Gasteiger partial charge in [0.05, 0.1) is 0 Å². The van der Waals surface area contributed by atoms with Crippen LogP contribution in [0.4, 0.5) is 0 Å². The summed E-state index contributed by atoms with van der Waals surface area (Å²) in [5.74, 6) is -0.963. The number of nitrogens with one attached hydrogen (secondary N) is 1. The highest BCUT2D eigenvalue weighted by Crippen LogP contribution is 2.68. The molecule has 4 heteroatoms. The summed E-state index contributed by atoms with van der Waals surface area (Å²) in [4.78, 5) is 23.9. The second-order valence-electron chi connectivity index (χ2n) is 7.60. The van der Waals surface area contributed by atoms with Crippen LogP contribution in [0.1, 0.15) is 59.8 Å². The first-order valence-electron chi connectivity index (χ1n) is 7.73. The number of carboxylic acids is 1. The van der Waals surface area contributed by atoms with Crippen LogP contribution in [0.15, 0.2) is 0 Å². The summed E-state index contributed by atoms with van der Waals surface area (Å²) in [5.41, 5.74) is -0.0978. The van der Waals surface area contributed by atoms with Gasteiger partial charge in [-0.05, 0) is 29.6 Å². The van der Waals surface area contributed by atoms with Crippen LogP contribution < -0.4 is 5.32 Å². The van der Waals surface area contributed by atoms with E-state index in [0.29, 0.717) is 0 Å². The second-order valence-corrected chi connectivity index (χ2v) is 7.60. The molecular formula is C16H27NO3. The smallest absolute Gasteiger partial charge is 0.326 e. The van der Waals surface area contributed by atoms with Gasteiger partial charge >= 0.3 is 5.97 Å². The van der Waals surface area contributed by atoms with Crippen molar-refractivity contribution in [2.24, 2.45) is 22.7 Å². The molecule has 0 spiro atoms. The van der Waals surface area contributed by atoms with Gasteiger partial charge in [-0.25, -0.2) is 4.79 Å². The Morgan fingerprint density at radius 1 is 1.05 bits per heavy atom. The normalized spacial score (nSPS) is 26.8. The first-order chi connectivity index (χ1) is 9.19. The van der Waals surface area contributed by atoms with Gasteiger partial charge in [-0.2, -0.15) is 0 Å². The molecule has 0 saturated heterocycles. The Bertz CT molecular complexity index is 394. The molecular weight excluding hydrogens is 254 g/mol. The van der Waals surface area contributed by atoms with E-state index in [0.717, 1.165) is 25.7 Å². The summed E-state index contributed by atoms with van der Waals surface area (Å²) in [6, 6.07) is -0.713. The van der Waals surface area contributed by atoms with Crippen LogP contribution in [-0.4, -0.2) is 23.0 Å². The number of hydrogen-bond acceptors (Lipinski definition) is 2. The maximum absolute atomic E-state index is 12.4. The molecule has 2 saturated carbocycles. The predicted octanol–water partition coefficient (Wildman–Crippen LogP) is 2.82. The van der Waals surface area contributed by atoms with Crippen molar-refractivity contribution in [1.29, 1.82) is 0 Å². The van der Waals surface area contributed by atoms with Gasteiger partial charge in [0, 0.05) is 5.92 Å². The average molecular weight is 281 g/mol. The third kappa shape index (κ3) is 2.45. The molecule has 1 unspecified atom stereocenters. The molecule has 2 N–H and O–H groups in total. The lowest BCUT2D eigenvalue weighted by Crippen LogP contribution is -2.47. The maximum atomic E-state index is 12.4. The highest BCUT2D eigenvalue weighted by Gasteiger charge is 2.68. The third-order valence-electron chi connectivity index (χ3n) is 5.97. The molecule has 20 heavy (non-hydrogen) atoms. The SMILES string of the molecule is CC1(C)C(C(=O)NC(C(=O)O)C2CCCCC2)C1(C)C. The van der Waals surface area contributed by atoms with E-state index in [9.17, 15) is 14.7 Å². The van der Waals surface area contributed by atoms with E-state index in [1.54, 1.807) is 0 Å². The Morgan fingerprint density at radius 3 is 1.95 bits per heavy atom. The van der Waals surface area contributed by atoms with E-state index in [1.807, 2.05) is 0 Å². The van der Waals surface area contributed by atoms with E-state index in [1.165, 1.54) is 6.42 Å². The van der Waals surface area contributed by atoms with Crippen molar-refractivity contribution in [2.75, 3.05) is 0 Å². The summed E-state index contributed by atoms with van der Waals surface area (Å²) >= 11 is 0. The van der Waals surface area contributed by atoms with Gasteiger partial charge in [-0.3, -0.25) is 4.79 Å². The monoisotopic (exact) mass is 281 g/mol. The largest absolute Gasteiger partial charge is 0.480 e. The minimum atomic E-state index is -0.887. The predicted molar refractivity (Wildman–Crippen MR) is 77.2 cm³/mol. The second kappa shape index (κ2) is 5.05. The lowest BCUT2D eigenvalue weighted by Gasteiger charge is -2.28. The number of amides is 1. The number of carbonyl (C=O) groups excluding carboxylic acids is 1. The van der Waals surface area contributed by atoms with Crippen LogP contribution >= 0.6 is 0 Å². The Kier molecular flexibility index (Phi) is 3.87. The van der Waals surface area contributed by atoms with E-state index in [4.69, 9.17) is 0 Å². The van der Waals surface area contributed by atoms with Gasteiger partial charge in [0.2, 0.25) is 5.91 Å². The molecule has 2 aliphatic rings. The maximum Gasteiger partial charge on any atom is 0.326 e. The van der Waals surface area contributed by atoms with Crippen molar-refractivity contribution in [2.45, 2.75) is 65.8 Å². The van der Waals surface area contributed by atoms with Crippen molar-refractivity contribution in [3.8, 4) is 0 Å². The quantitative estimate of drug-likeness (QED) is 0.832.